The molecule has 1 rings (SSSR count). The van der Waals surface area contributed by atoms with Gasteiger partial charge in [-0.15, -0.1) is 0 Å². The molecule has 0 saturated carbocycles. The molecule has 2 heteroatoms. The van der Waals surface area contributed by atoms with Crippen LogP contribution in [-0.2, 0) is 0 Å². The lowest BCUT2D eigenvalue weighted by Gasteiger charge is -2.15. The van der Waals surface area contributed by atoms with Crippen molar-refractivity contribution in [3.63, 3.8) is 0 Å². The van der Waals surface area contributed by atoms with Gasteiger partial charge in [0.15, 0.2) is 0 Å². The van der Waals surface area contributed by atoms with Gasteiger partial charge in [-0.1, -0.05) is 27.7 Å². The fourth-order valence-electron chi connectivity index (χ4n) is 1.87. The molecule has 0 fully saturated rings. The quantitative estimate of drug-likeness (QED) is 0.724. The van der Waals surface area contributed by atoms with Crippen LogP contribution in [-0.4, -0.2) is 12.6 Å². The molecule has 0 amide bonds. The van der Waals surface area contributed by atoms with Crippen molar-refractivity contribution >= 4 is 12.6 Å². The van der Waals surface area contributed by atoms with E-state index in [0.29, 0.717) is 11.1 Å². The lowest BCUT2D eigenvalue weighted by Crippen LogP contribution is -2.03. The van der Waals surface area contributed by atoms with Crippen LogP contribution in [0.25, 0.3) is 0 Å². The van der Waals surface area contributed by atoms with E-state index in [1.165, 1.54) is 0 Å². The summed E-state index contributed by atoms with van der Waals surface area (Å²) >= 11 is 0. The fraction of sp³-hybridized carbons (Fsp3) is 0.429. The Morgan fingerprint density at radius 1 is 0.812 bits per heavy atom. The lowest BCUT2D eigenvalue weighted by molar-refractivity contribution is 0.111. The molecule has 0 unspecified atom stereocenters. The van der Waals surface area contributed by atoms with Crippen LogP contribution in [0.5, 0.6) is 0 Å². The maximum atomic E-state index is 11.0. The van der Waals surface area contributed by atoms with Crippen molar-refractivity contribution in [2.24, 2.45) is 0 Å². The lowest BCUT2D eigenvalue weighted by atomic mass is 9.89. The molecule has 0 radical (unpaired) electrons. The van der Waals surface area contributed by atoms with Crippen molar-refractivity contribution < 1.29 is 9.59 Å². The summed E-state index contributed by atoms with van der Waals surface area (Å²) in [7, 11) is 0. The van der Waals surface area contributed by atoms with Gasteiger partial charge in [0.2, 0.25) is 0 Å². The number of aldehydes is 2. The number of hydrogen-bond donors (Lipinski definition) is 0. The SMILES string of the molecule is CC(C)c1cc(C=O)c(C(C)C)cc1C=O. The minimum Gasteiger partial charge on any atom is -0.298 e. The first-order chi connectivity index (χ1) is 7.51. The number of benzene rings is 1. The Kier molecular flexibility index (Phi) is 3.99. The smallest absolute Gasteiger partial charge is 0.150 e. The van der Waals surface area contributed by atoms with Gasteiger partial charge in [-0.3, -0.25) is 9.59 Å². The molecule has 86 valence electrons. The van der Waals surface area contributed by atoms with Crippen LogP contribution in [0, 0.1) is 0 Å². The zero-order valence-electron chi connectivity index (χ0n) is 10.3. The predicted molar refractivity (Wildman–Crippen MR) is 65.4 cm³/mol. The largest absolute Gasteiger partial charge is 0.298 e. The van der Waals surface area contributed by atoms with Gasteiger partial charge in [-0.2, -0.15) is 0 Å². The first-order valence-corrected chi connectivity index (χ1v) is 5.59. The van der Waals surface area contributed by atoms with Crippen LogP contribution in [0.1, 0.15) is 71.4 Å². The van der Waals surface area contributed by atoms with Crippen LogP contribution in [0.3, 0.4) is 0 Å². The molecule has 1 aromatic rings. The molecular formula is C14H18O2. The van der Waals surface area contributed by atoms with E-state index in [2.05, 4.69) is 0 Å². The summed E-state index contributed by atoms with van der Waals surface area (Å²) in [6.45, 7) is 8.08. The third-order valence-electron chi connectivity index (χ3n) is 2.79. The van der Waals surface area contributed by atoms with E-state index < -0.39 is 0 Å². The summed E-state index contributed by atoms with van der Waals surface area (Å²) in [5.41, 5.74) is 3.29. The number of carbonyl (C=O) groups is 2. The Bertz CT molecular complexity index is 364. The number of hydrogen-bond acceptors (Lipinski definition) is 2. The minimum absolute atomic E-state index is 0.250. The van der Waals surface area contributed by atoms with E-state index in [9.17, 15) is 9.59 Å². The van der Waals surface area contributed by atoms with Crippen molar-refractivity contribution in [1.29, 1.82) is 0 Å². The van der Waals surface area contributed by atoms with Crippen LogP contribution in [0.2, 0.25) is 0 Å². The third-order valence-corrected chi connectivity index (χ3v) is 2.79. The van der Waals surface area contributed by atoms with Crippen molar-refractivity contribution in [1.82, 2.24) is 0 Å². The topological polar surface area (TPSA) is 34.1 Å². The summed E-state index contributed by atoms with van der Waals surface area (Å²) in [6.07, 6.45) is 1.74. The van der Waals surface area contributed by atoms with Gasteiger partial charge in [-0.25, -0.2) is 0 Å². The Hall–Kier alpha value is -1.44. The standard InChI is InChI=1S/C14H18O2/c1-9(2)13-5-12(8-16)14(10(3)4)6-11(13)7-15/h5-10H,1-4H3. The molecule has 2 nitrogen and oxygen atoms in total. The predicted octanol–water partition coefficient (Wildman–Crippen LogP) is 3.56. The summed E-state index contributed by atoms with van der Waals surface area (Å²) in [4.78, 5) is 22.0. The highest BCUT2D eigenvalue weighted by atomic mass is 16.1. The van der Waals surface area contributed by atoms with Crippen LogP contribution in [0.4, 0.5) is 0 Å². The highest BCUT2D eigenvalue weighted by Crippen LogP contribution is 2.26. The molecule has 0 N–H and O–H groups in total. The fourth-order valence-corrected chi connectivity index (χ4v) is 1.87. The van der Waals surface area contributed by atoms with Gasteiger partial charge in [0.1, 0.15) is 12.6 Å². The van der Waals surface area contributed by atoms with Crippen molar-refractivity contribution in [3.8, 4) is 0 Å². The van der Waals surface area contributed by atoms with E-state index in [-0.39, 0.29) is 11.8 Å². The summed E-state index contributed by atoms with van der Waals surface area (Å²) in [6, 6.07) is 3.69. The molecule has 0 aliphatic rings. The maximum Gasteiger partial charge on any atom is 0.150 e. The van der Waals surface area contributed by atoms with Crippen LogP contribution < -0.4 is 0 Å². The van der Waals surface area contributed by atoms with Gasteiger partial charge in [0, 0.05) is 11.1 Å². The molecule has 0 bridgehead atoms. The average molecular weight is 218 g/mol. The Morgan fingerprint density at radius 3 is 1.31 bits per heavy atom. The highest BCUT2D eigenvalue weighted by molar-refractivity contribution is 5.84. The second-order valence-electron chi connectivity index (χ2n) is 4.66. The Balaban J connectivity index is 3.45. The van der Waals surface area contributed by atoms with Gasteiger partial charge < -0.3 is 0 Å². The van der Waals surface area contributed by atoms with Crippen molar-refractivity contribution in [2.75, 3.05) is 0 Å². The van der Waals surface area contributed by atoms with Gasteiger partial charge in [0.25, 0.3) is 0 Å². The second-order valence-corrected chi connectivity index (χ2v) is 4.66. The monoisotopic (exact) mass is 218 g/mol. The zero-order valence-corrected chi connectivity index (χ0v) is 10.3. The van der Waals surface area contributed by atoms with E-state index in [4.69, 9.17) is 0 Å². The first kappa shape index (κ1) is 12.6. The Labute approximate surface area is 96.7 Å². The van der Waals surface area contributed by atoms with E-state index in [1.54, 1.807) is 0 Å². The molecule has 0 aliphatic carbocycles. The number of carbonyl (C=O) groups excluding carboxylic acids is 2. The van der Waals surface area contributed by atoms with Crippen LogP contribution >= 0.6 is 0 Å². The molecule has 0 atom stereocenters. The molecule has 0 aromatic heterocycles. The zero-order chi connectivity index (χ0) is 12.3. The molecule has 0 aliphatic heterocycles. The summed E-state index contributed by atoms with van der Waals surface area (Å²) in [5.74, 6) is 0.500. The maximum absolute atomic E-state index is 11.0. The third kappa shape index (κ3) is 2.38. The molecule has 0 saturated heterocycles. The number of rotatable bonds is 4. The van der Waals surface area contributed by atoms with E-state index in [0.717, 1.165) is 23.7 Å². The van der Waals surface area contributed by atoms with Crippen LogP contribution in [0.15, 0.2) is 12.1 Å². The molecule has 16 heavy (non-hydrogen) atoms. The second kappa shape index (κ2) is 5.06. The molecular weight excluding hydrogens is 200 g/mol. The normalized spacial score (nSPS) is 10.9. The van der Waals surface area contributed by atoms with Gasteiger partial charge in [0.05, 0.1) is 0 Å². The van der Waals surface area contributed by atoms with Gasteiger partial charge >= 0.3 is 0 Å². The highest BCUT2D eigenvalue weighted by Gasteiger charge is 2.13. The first-order valence-electron chi connectivity index (χ1n) is 5.59. The van der Waals surface area contributed by atoms with E-state index in [1.807, 2.05) is 39.8 Å². The summed E-state index contributed by atoms with van der Waals surface area (Å²) in [5, 5.41) is 0. The van der Waals surface area contributed by atoms with E-state index >= 15 is 0 Å². The molecule has 0 spiro atoms. The molecule has 1 aromatic carbocycles. The van der Waals surface area contributed by atoms with Gasteiger partial charge in [-0.05, 0) is 35.1 Å². The molecule has 0 heterocycles. The van der Waals surface area contributed by atoms with Crippen molar-refractivity contribution in [2.45, 2.75) is 39.5 Å². The minimum atomic E-state index is 0.250. The Morgan fingerprint density at radius 2 is 1.12 bits per heavy atom. The summed E-state index contributed by atoms with van der Waals surface area (Å²) < 4.78 is 0. The van der Waals surface area contributed by atoms with Crippen molar-refractivity contribution in [3.05, 3.63) is 34.4 Å². The average Bonchev–Trinajstić information content (AvgIpc) is 2.26.